The fourth-order valence-electron chi connectivity index (χ4n) is 1.34. The van der Waals surface area contributed by atoms with Crippen LogP contribution in [0.3, 0.4) is 0 Å². The molecule has 98 valence electrons. The fourth-order valence-corrected chi connectivity index (χ4v) is 1.87. The van der Waals surface area contributed by atoms with Crippen LogP contribution in [0.4, 0.5) is 0 Å². The van der Waals surface area contributed by atoms with Gasteiger partial charge in [0, 0.05) is 28.9 Å². The van der Waals surface area contributed by atoms with Gasteiger partial charge in [0.1, 0.15) is 0 Å². The van der Waals surface area contributed by atoms with Gasteiger partial charge < -0.3 is 0 Å². The topological polar surface area (TPSA) is 47.9 Å². The van der Waals surface area contributed by atoms with Crippen LogP contribution < -0.4 is 5.43 Å². The number of halogens is 2. The van der Waals surface area contributed by atoms with Gasteiger partial charge in [0.25, 0.3) is 0 Å². The number of benzene rings is 1. The van der Waals surface area contributed by atoms with Gasteiger partial charge in [-0.2, -0.15) is 5.10 Å². The largest absolute Gasteiger partial charge is 0.289 e. The van der Waals surface area contributed by atoms with Crippen molar-refractivity contribution in [1.82, 2.24) is 10.5 Å². The molecule has 0 aliphatic rings. The number of hydrogen-bond donors (Lipinski definition) is 2. The minimum absolute atomic E-state index is 0.519. The molecule has 0 aliphatic carbocycles. The monoisotopic (exact) mass is 287 g/mol. The quantitative estimate of drug-likeness (QED) is 0.657. The zero-order valence-electron chi connectivity index (χ0n) is 10.4. The van der Waals surface area contributed by atoms with Crippen molar-refractivity contribution >= 4 is 35.1 Å². The molecule has 0 aromatic heterocycles. The van der Waals surface area contributed by atoms with Crippen molar-refractivity contribution in [3.63, 3.8) is 0 Å². The van der Waals surface area contributed by atoms with E-state index in [2.05, 4.69) is 10.5 Å². The zero-order chi connectivity index (χ0) is 13.7. The van der Waals surface area contributed by atoms with Crippen LogP contribution in [-0.2, 0) is 0 Å². The summed E-state index contributed by atoms with van der Waals surface area (Å²) in [5, 5.41) is 15.5. The highest BCUT2D eigenvalue weighted by Gasteiger charge is 2.10. The van der Waals surface area contributed by atoms with E-state index in [0.717, 1.165) is 10.6 Å². The predicted octanol–water partition coefficient (Wildman–Crippen LogP) is 3.60. The molecule has 0 spiro atoms. The van der Waals surface area contributed by atoms with Gasteiger partial charge in [-0.25, -0.2) is 0 Å². The number of hydrogen-bond acceptors (Lipinski definition) is 4. The Kier molecular flexibility index (Phi) is 5.47. The van der Waals surface area contributed by atoms with Gasteiger partial charge >= 0.3 is 0 Å². The Hall–Kier alpha value is -1.23. The lowest BCUT2D eigenvalue weighted by Gasteiger charge is -2.17. The van der Waals surface area contributed by atoms with E-state index < -0.39 is 0 Å². The molecule has 0 heterocycles. The van der Waals surface area contributed by atoms with Crippen LogP contribution in [0.1, 0.15) is 19.4 Å². The number of nitrogens with one attached hydrogen (secondary N) is 1. The van der Waals surface area contributed by atoms with Crippen LogP contribution in [0, 0.1) is 0 Å². The first-order valence-electron chi connectivity index (χ1n) is 5.29. The standard InChI is InChI=1S/C12H15Cl2N3O/c1-4-15-16-12(8(2)17(3)18)9-5-10(13)7-11(14)6-9/h4-7,16,18H,1-3H3/b12-8-,15-4-. The van der Waals surface area contributed by atoms with Gasteiger partial charge in [0.2, 0.25) is 0 Å². The normalized spacial score (nSPS) is 12.6. The maximum Gasteiger partial charge on any atom is 0.0847 e. The van der Waals surface area contributed by atoms with Gasteiger partial charge in [0.15, 0.2) is 0 Å². The zero-order valence-corrected chi connectivity index (χ0v) is 11.9. The van der Waals surface area contributed by atoms with Crippen LogP contribution >= 0.6 is 23.2 Å². The highest BCUT2D eigenvalue weighted by Crippen LogP contribution is 2.25. The second-order valence-corrected chi connectivity index (χ2v) is 4.51. The van der Waals surface area contributed by atoms with Crippen LogP contribution in [0.15, 0.2) is 29.0 Å². The molecule has 1 aromatic carbocycles. The van der Waals surface area contributed by atoms with Crippen LogP contribution in [0.25, 0.3) is 5.70 Å². The van der Waals surface area contributed by atoms with E-state index in [0.29, 0.717) is 21.4 Å². The van der Waals surface area contributed by atoms with Gasteiger partial charge in [0.05, 0.1) is 11.4 Å². The summed E-state index contributed by atoms with van der Waals surface area (Å²) in [5.74, 6) is 0. The molecule has 0 bridgehead atoms. The van der Waals surface area contributed by atoms with Gasteiger partial charge in [-0.1, -0.05) is 23.2 Å². The molecular weight excluding hydrogens is 273 g/mol. The summed E-state index contributed by atoms with van der Waals surface area (Å²) in [6.07, 6.45) is 1.61. The van der Waals surface area contributed by atoms with E-state index in [9.17, 15) is 5.21 Å². The van der Waals surface area contributed by atoms with E-state index in [-0.39, 0.29) is 0 Å². The summed E-state index contributed by atoms with van der Waals surface area (Å²) >= 11 is 11.9. The molecule has 2 N–H and O–H groups in total. The third-order valence-electron chi connectivity index (χ3n) is 2.30. The number of hydroxylamine groups is 2. The molecule has 0 fully saturated rings. The minimum atomic E-state index is 0.519. The van der Waals surface area contributed by atoms with E-state index >= 15 is 0 Å². The molecule has 0 saturated heterocycles. The summed E-state index contributed by atoms with van der Waals surface area (Å²) < 4.78 is 0. The number of allylic oxidation sites excluding steroid dienone is 1. The Labute approximate surface area is 116 Å². The SMILES string of the molecule is C/C=N\N/C(=C(/C)N(C)O)c1cc(Cl)cc(Cl)c1. The predicted molar refractivity (Wildman–Crippen MR) is 75.9 cm³/mol. The molecular formula is C12H15Cl2N3O. The van der Waals surface area contributed by atoms with Crippen molar-refractivity contribution in [3.8, 4) is 0 Å². The lowest BCUT2D eigenvalue weighted by Crippen LogP contribution is -2.17. The Balaban J connectivity index is 3.29. The van der Waals surface area contributed by atoms with Gasteiger partial charge in [-0.05, 0) is 32.0 Å². The highest BCUT2D eigenvalue weighted by atomic mass is 35.5. The first kappa shape index (κ1) is 14.8. The van der Waals surface area contributed by atoms with Crippen molar-refractivity contribution in [1.29, 1.82) is 0 Å². The van der Waals surface area contributed by atoms with Crippen LogP contribution in [0.2, 0.25) is 10.0 Å². The van der Waals surface area contributed by atoms with Crippen LogP contribution in [-0.4, -0.2) is 23.5 Å². The maximum atomic E-state index is 9.51. The third-order valence-corrected chi connectivity index (χ3v) is 2.74. The second kappa shape index (κ2) is 6.64. The molecule has 0 radical (unpaired) electrons. The summed E-state index contributed by atoms with van der Waals surface area (Å²) in [5.41, 5.74) is 4.82. The molecule has 0 unspecified atom stereocenters. The Morgan fingerprint density at radius 3 is 2.33 bits per heavy atom. The number of nitrogens with zero attached hydrogens (tertiary/aromatic N) is 2. The Morgan fingerprint density at radius 2 is 1.89 bits per heavy atom. The summed E-state index contributed by atoms with van der Waals surface area (Å²) in [4.78, 5) is 0. The lowest BCUT2D eigenvalue weighted by molar-refractivity contribution is -0.0273. The van der Waals surface area contributed by atoms with Gasteiger partial charge in [-0.15, -0.1) is 0 Å². The second-order valence-electron chi connectivity index (χ2n) is 3.64. The van der Waals surface area contributed by atoms with Gasteiger partial charge in [-0.3, -0.25) is 15.7 Å². The molecule has 6 heteroatoms. The van der Waals surface area contributed by atoms with Crippen molar-refractivity contribution < 1.29 is 5.21 Å². The molecule has 0 atom stereocenters. The summed E-state index contributed by atoms with van der Waals surface area (Å²) in [6, 6.07) is 5.13. The number of hydrazone groups is 1. The van der Waals surface area contributed by atoms with Crippen molar-refractivity contribution in [2.75, 3.05) is 7.05 Å². The van der Waals surface area contributed by atoms with Crippen LogP contribution in [0.5, 0.6) is 0 Å². The maximum absolute atomic E-state index is 9.51. The molecule has 4 nitrogen and oxygen atoms in total. The first-order chi connectivity index (χ1) is 8.45. The lowest BCUT2D eigenvalue weighted by atomic mass is 10.1. The average molecular weight is 288 g/mol. The molecule has 1 rings (SSSR count). The van der Waals surface area contributed by atoms with E-state index in [1.165, 1.54) is 7.05 Å². The fraction of sp³-hybridized carbons (Fsp3) is 0.250. The highest BCUT2D eigenvalue weighted by molar-refractivity contribution is 6.34. The van der Waals surface area contributed by atoms with Crippen molar-refractivity contribution in [2.24, 2.45) is 5.10 Å². The smallest absolute Gasteiger partial charge is 0.0847 e. The molecule has 0 amide bonds. The Bertz CT molecular complexity index is 464. The van der Waals surface area contributed by atoms with Crippen molar-refractivity contribution in [2.45, 2.75) is 13.8 Å². The first-order valence-corrected chi connectivity index (χ1v) is 6.05. The molecule has 1 aromatic rings. The third kappa shape index (κ3) is 3.91. The van der Waals surface area contributed by atoms with E-state index in [1.54, 1.807) is 38.3 Å². The average Bonchev–Trinajstić information content (AvgIpc) is 2.27. The molecule has 18 heavy (non-hydrogen) atoms. The summed E-state index contributed by atoms with van der Waals surface area (Å²) in [7, 11) is 1.53. The number of rotatable bonds is 4. The van der Waals surface area contributed by atoms with E-state index in [1.807, 2.05) is 0 Å². The Morgan fingerprint density at radius 1 is 1.33 bits per heavy atom. The molecule has 0 aliphatic heterocycles. The van der Waals surface area contributed by atoms with Crippen molar-refractivity contribution in [3.05, 3.63) is 39.5 Å². The van der Waals surface area contributed by atoms with E-state index in [4.69, 9.17) is 23.2 Å². The minimum Gasteiger partial charge on any atom is -0.289 e. The summed E-state index contributed by atoms with van der Waals surface area (Å²) in [6.45, 7) is 3.54. The molecule has 0 saturated carbocycles.